The number of halogens is 1. The van der Waals surface area contributed by atoms with E-state index in [1.165, 1.54) is 16.9 Å². The maximum atomic E-state index is 12.0. The highest BCUT2D eigenvalue weighted by atomic mass is 79.9. The van der Waals surface area contributed by atoms with E-state index in [-0.39, 0.29) is 13.2 Å². The van der Waals surface area contributed by atoms with E-state index in [1.54, 1.807) is 12.1 Å². The van der Waals surface area contributed by atoms with Crippen molar-refractivity contribution in [2.24, 2.45) is 0 Å². The van der Waals surface area contributed by atoms with Crippen LogP contribution in [0.2, 0.25) is 0 Å². The number of hydrogen-bond donors (Lipinski definition) is 1. The Labute approximate surface area is 137 Å². The van der Waals surface area contributed by atoms with E-state index in [9.17, 15) is 8.42 Å². The van der Waals surface area contributed by atoms with Gasteiger partial charge in [0.1, 0.15) is 16.6 Å². The first-order chi connectivity index (χ1) is 9.88. The topological polar surface area (TPSA) is 55.4 Å². The van der Waals surface area contributed by atoms with E-state index in [1.807, 2.05) is 32.0 Å². The molecular formula is C14H16BrNO3S2. The second kappa shape index (κ2) is 6.91. The molecule has 0 aliphatic rings. The fraction of sp³-hybridized carbons (Fsp3) is 0.286. The molecule has 2 aromatic rings. The van der Waals surface area contributed by atoms with Crippen molar-refractivity contribution in [3.63, 3.8) is 0 Å². The summed E-state index contributed by atoms with van der Waals surface area (Å²) in [6, 6.07) is 9.18. The van der Waals surface area contributed by atoms with Crippen molar-refractivity contribution in [3.05, 3.63) is 45.2 Å². The normalized spacial score (nSPS) is 11.6. The molecule has 1 N–H and O–H groups in total. The van der Waals surface area contributed by atoms with Crippen LogP contribution >= 0.6 is 27.3 Å². The Morgan fingerprint density at radius 3 is 2.62 bits per heavy atom. The predicted molar refractivity (Wildman–Crippen MR) is 88.6 cm³/mol. The summed E-state index contributed by atoms with van der Waals surface area (Å²) in [6.45, 7) is 4.50. The van der Waals surface area contributed by atoms with Gasteiger partial charge in [0.25, 0.3) is 0 Å². The lowest BCUT2D eigenvalue weighted by molar-refractivity contribution is 0.320. The van der Waals surface area contributed by atoms with Crippen LogP contribution in [0, 0.1) is 13.8 Å². The summed E-state index contributed by atoms with van der Waals surface area (Å²) in [5, 5.41) is 0. The number of thiophene rings is 1. The smallest absolute Gasteiger partial charge is 0.250 e. The largest absolute Gasteiger partial charge is 0.492 e. The lowest BCUT2D eigenvalue weighted by Crippen LogP contribution is -2.27. The first-order valence-electron chi connectivity index (χ1n) is 6.33. The number of aryl methyl sites for hydroxylation is 2. The molecule has 0 unspecified atom stereocenters. The summed E-state index contributed by atoms with van der Waals surface area (Å²) in [4.78, 5) is 0. The van der Waals surface area contributed by atoms with E-state index in [0.717, 1.165) is 15.1 Å². The van der Waals surface area contributed by atoms with Crippen molar-refractivity contribution in [1.82, 2.24) is 4.72 Å². The Kier molecular flexibility index (Phi) is 5.43. The van der Waals surface area contributed by atoms with Gasteiger partial charge in [0.2, 0.25) is 10.0 Å². The summed E-state index contributed by atoms with van der Waals surface area (Å²) >= 11 is 4.43. The van der Waals surface area contributed by atoms with E-state index < -0.39 is 10.0 Å². The summed E-state index contributed by atoms with van der Waals surface area (Å²) in [5.74, 6) is 0.777. The van der Waals surface area contributed by atoms with Crippen molar-refractivity contribution < 1.29 is 13.2 Å². The fourth-order valence-electron chi connectivity index (χ4n) is 1.81. The number of nitrogens with one attached hydrogen (secondary N) is 1. The summed E-state index contributed by atoms with van der Waals surface area (Å²) in [5.41, 5.74) is 2.21. The second-order valence-electron chi connectivity index (χ2n) is 4.57. The first-order valence-corrected chi connectivity index (χ1v) is 9.43. The molecule has 0 spiro atoms. The fourth-order valence-corrected chi connectivity index (χ4v) is 4.88. The van der Waals surface area contributed by atoms with Gasteiger partial charge in [-0.25, -0.2) is 13.1 Å². The molecule has 0 amide bonds. The van der Waals surface area contributed by atoms with Gasteiger partial charge >= 0.3 is 0 Å². The number of rotatable bonds is 6. The molecule has 1 aromatic heterocycles. The highest BCUT2D eigenvalue weighted by Gasteiger charge is 2.15. The van der Waals surface area contributed by atoms with Crippen molar-refractivity contribution in [2.75, 3.05) is 13.2 Å². The number of hydrogen-bond acceptors (Lipinski definition) is 4. The highest BCUT2D eigenvalue weighted by molar-refractivity contribution is 9.11. The van der Waals surface area contributed by atoms with Crippen LogP contribution < -0.4 is 9.46 Å². The summed E-state index contributed by atoms with van der Waals surface area (Å²) < 4.78 is 33.2. The molecule has 0 fully saturated rings. The summed E-state index contributed by atoms with van der Waals surface area (Å²) in [6.07, 6.45) is 0. The molecule has 0 aliphatic heterocycles. The van der Waals surface area contributed by atoms with Gasteiger partial charge in [0, 0.05) is 6.54 Å². The molecule has 21 heavy (non-hydrogen) atoms. The molecule has 1 heterocycles. The average Bonchev–Trinajstić information content (AvgIpc) is 2.84. The standard InChI is InChI=1S/C14H16BrNO3S2/c1-10-3-4-12(11(2)9-10)19-8-7-16-21(17,18)14-6-5-13(15)20-14/h3-6,9,16H,7-8H2,1-2H3. The highest BCUT2D eigenvalue weighted by Crippen LogP contribution is 2.25. The van der Waals surface area contributed by atoms with E-state index in [2.05, 4.69) is 20.7 Å². The third-order valence-electron chi connectivity index (χ3n) is 2.80. The van der Waals surface area contributed by atoms with Gasteiger partial charge < -0.3 is 4.74 Å². The zero-order valence-electron chi connectivity index (χ0n) is 11.7. The minimum atomic E-state index is -3.45. The maximum absolute atomic E-state index is 12.0. The Morgan fingerprint density at radius 1 is 1.24 bits per heavy atom. The van der Waals surface area contributed by atoms with Crippen molar-refractivity contribution in [2.45, 2.75) is 18.1 Å². The third kappa shape index (κ3) is 4.54. The molecule has 4 nitrogen and oxygen atoms in total. The number of benzene rings is 1. The van der Waals surface area contributed by atoms with Gasteiger partial charge in [0.05, 0.1) is 3.79 Å². The lowest BCUT2D eigenvalue weighted by atomic mass is 10.1. The molecule has 0 saturated heterocycles. The predicted octanol–water partition coefficient (Wildman–Crippen LogP) is 3.48. The van der Waals surface area contributed by atoms with Crippen molar-refractivity contribution >= 4 is 37.3 Å². The van der Waals surface area contributed by atoms with E-state index in [0.29, 0.717) is 4.21 Å². The van der Waals surface area contributed by atoms with Crippen molar-refractivity contribution in [3.8, 4) is 5.75 Å². The Hall–Kier alpha value is -0.890. The number of sulfonamides is 1. The van der Waals surface area contributed by atoms with Crippen LogP contribution in [-0.2, 0) is 10.0 Å². The summed E-state index contributed by atoms with van der Waals surface area (Å²) in [7, 11) is -3.45. The zero-order chi connectivity index (χ0) is 15.5. The molecule has 0 saturated carbocycles. The van der Waals surface area contributed by atoms with Gasteiger partial charge in [-0.2, -0.15) is 0 Å². The molecule has 2 rings (SSSR count). The van der Waals surface area contributed by atoms with Crippen LogP contribution in [0.3, 0.4) is 0 Å². The van der Waals surface area contributed by atoms with Gasteiger partial charge in [-0.3, -0.25) is 0 Å². The van der Waals surface area contributed by atoms with Gasteiger partial charge in [-0.15, -0.1) is 11.3 Å². The van der Waals surface area contributed by atoms with Crippen LogP contribution in [-0.4, -0.2) is 21.6 Å². The van der Waals surface area contributed by atoms with Crippen LogP contribution in [0.5, 0.6) is 5.75 Å². The van der Waals surface area contributed by atoms with Crippen LogP contribution in [0.1, 0.15) is 11.1 Å². The molecule has 0 radical (unpaired) electrons. The third-order valence-corrected chi connectivity index (χ3v) is 6.37. The minimum Gasteiger partial charge on any atom is -0.492 e. The molecular weight excluding hydrogens is 374 g/mol. The quantitative estimate of drug-likeness (QED) is 0.769. The Balaban J connectivity index is 1.87. The Morgan fingerprint density at radius 2 is 2.00 bits per heavy atom. The zero-order valence-corrected chi connectivity index (χ0v) is 14.9. The molecule has 1 aromatic carbocycles. The van der Waals surface area contributed by atoms with Crippen LogP contribution in [0.25, 0.3) is 0 Å². The molecule has 0 atom stereocenters. The van der Waals surface area contributed by atoms with Gasteiger partial charge in [0.15, 0.2) is 0 Å². The van der Waals surface area contributed by atoms with Crippen LogP contribution in [0.4, 0.5) is 0 Å². The maximum Gasteiger partial charge on any atom is 0.250 e. The van der Waals surface area contributed by atoms with E-state index in [4.69, 9.17) is 4.74 Å². The minimum absolute atomic E-state index is 0.227. The second-order valence-corrected chi connectivity index (χ2v) is 9.03. The van der Waals surface area contributed by atoms with Crippen LogP contribution in [0.15, 0.2) is 38.3 Å². The monoisotopic (exact) mass is 389 g/mol. The molecule has 114 valence electrons. The molecule has 7 heteroatoms. The van der Waals surface area contributed by atoms with E-state index >= 15 is 0 Å². The molecule has 0 bridgehead atoms. The van der Waals surface area contributed by atoms with Gasteiger partial charge in [-0.05, 0) is 53.5 Å². The number of ether oxygens (including phenoxy) is 1. The first kappa shape index (κ1) is 16.5. The van der Waals surface area contributed by atoms with Crippen molar-refractivity contribution in [1.29, 1.82) is 0 Å². The molecule has 0 aliphatic carbocycles. The average molecular weight is 390 g/mol. The lowest BCUT2D eigenvalue weighted by Gasteiger charge is -2.10. The van der Waals surface area contributed by atoms with Gasteiger partial charge in [-0.1, -0.05) is 17.7 Å². The SMILES string of the molecule is Cc1ccc(OCCNS(=O)(=O)c2ccc(Br)s2)c(C)c1. The Bertz CT molecular complexity index is 726.